The normalized spacial score (nSPS) is 23.1. The monoisotopic (exact) mass is 304 g/mol. The maximum atomic E-state index is 12.0. The van der Waals surface area contributed by atoms with Gasteiger partial charge in [-0.1, -0.05) is 13.8 Å². The molecule has 0 aromatic rings. The Balaban J connectivity index is 2.35. The topological polar surface area (TPSA) is 75.3 Å². The molecular formula is C14H28N2O3S. The van der Waals surface area contributed by atoms with E-state index in [2.05, 4.69) is 17.6 Å². The molecule has 0 spiro atoms. The minimum atomic E-state index is -3.04. The maximum absolute atomic E-state index is 12.0. The van der Waals surface area contributed by atoms with Crippen LogP contribution in [-0.2, 0) is 14.6 Å². The third kappa shape index (κ3) is 6.22. The molecule has 3 unspecified atom stereocenters. The largest absolute Gasteiger partial charge is 0.353 e. The lowest BCUT2D eigenvalue weighted by molar-refractivity contribution is -0.122. The van der Waals surface area contributed by atoms with Gasteiger partial charge in [0.25, 0.3) is 0 Å². The molecule has 3 atom stereocenters. The van der Waals surface area contributed by atoms with E-state index in [1.54, 1.807) is 13.8 Å². The molecule has 2 N–H and O–H groups in total. The molecule has 1 saturated heterocycles. The summed E-state index contributed by atoms with van der Waals surface area (Å²) in [6.45, 7) is 7.53. The highest BCUT2D eigenvalue weighted by Gasteiger charge is 2.23. The van der Waals surface area contributed by atoms with Crippen LogP contribution < -0.4 is 10.6 Å². The molecule has 1 rings (SSSR count). The van der Waals surface area contributed by atoms with E-state index in [1.165, 1.54) is 12.8 Å². The Hall–Kier alpha value is -0.620. The molecule has 5 nitrogen and oxygen atoms in total. The van der Waals surface area contributed by atoms with E-state index in [1.807, 2.05) is 0 Å². The van der Waals surface area contributed by atoms with Gasteiger partial charge in [0, 0.05) is 18.2 Å². The van der Waals surface area contributed by atoms with Crippen LogP contribution in [0.3, 0.4) is 0 Å². The van der Waals surface area contributed by atoms with Crippen molar-refractivity contribution in [1.82, 2.24) is 10.6 Å². The fraction of sp³-hybridized carbons (Fsp3) is 0.929. The predicted octanol–water partition coefficient (Wildman–Crippen LogP) is 0.952. The second-order valence-corrected chi connectivity index (χ2v) is 8.35. The van der Waals surface area contributed by atoms with Gasteiger partial charge in [0.15, 0.2) is 9.84 Å². The van der Waals surface area contributed by atoms with Crippen LogP contribution in [0.15, 0.2) is 0 Å². The van der Waals surface area contributed by atoms with Crippen molar-refractivity contribution in [3.63, 3.8) is 0 Å². The number of hydrogen-bond acceptors (Lipinski definition) is 4. The molecule has 0 bridgehead atoms. The number of sulfone groups is 1. The van der Waals surface area contributed by atoms with Crippen molar-refractivity contribution < 1.29 is 13.2 Å². The summed E-state index contributed by atoms with van der Waals surface area (Å²) in [6.07, 6.45) is 2.81. The molecule has 1 amide bonds. The first-order valence-corrected chi connectivity index (χ1v) is 9.36. The molecule has 1 fully saturated rings. The predicted molar refractivity (Wildman–Crippen MR) is 81.3 cm³/mol. The Kier molecular flexibility index (Phi) is 6.95. The summed E-state index contributed by atoms with van der Waals surface area (Å²) in [5, 5.41) is 6.16. The molecule has 6 heteroatoms. The Labute approximate surface area is 122 Å². The first kappa shape index (κ1) is 17.4. The number of carbonyl (C=O) groups is 1. The molecule has 1 heterocycles. The maximum Gasteiger partial charge on any atom is 0.220 e. The SMILES string of the molecule is CCS(=O)(=O)CC(C)NC(=O)CC(C)C1CCCNC1. The van der Waals surface area contributed by atoms with Crippen LogP contribution >= 0.6 is 0 Å². The van der Waals surface area contributed by atoms with Crippen molar-refractivity contribution in [2.24, 2.45) is 11.8 Å². The summed E-state index contributed by atoms with van der Waals surface area (Å²) in [4.78, 5) is 12.0. The van der Waals surface area contributed by atoms with Gasteiger partial charge in [-0.05, 0) is 44.7 Å². The second-order valence-electron chi connectivity index (χ2n) is 5.96. The van der Waals surface area contributed by atoms with Gasteiger partial charge in [0.05, 0.1) is 5.75 Å². The van der Waals surface area contributed by atoms with E-state index in [-0.39, 0.29) is 23.5 Å². The van der Waals surface area contributed by atoms with Crippen LogP contribution in [0.2, 0.25) is 0 Å². The Morgan fingerprint density at radius 1 is 1.40 bits per heavy atom. The van der Waals surface area contributed by atoms with Crippen LogP contribution in [-0.4, -0.2) is 45.0 Å². The highest BCUT2D eigenvalue weighted by Crippen LogP contribution is 2.22. The van der Waals surface area contributed by atoms with Gasteiger partial charge < -0.3 is 10.6 Å². The average molecular weight is 304 g/mol. The van der Waals surface area contributed by atoms with Gasteiger partial charge in [-0.2, -0.15) is 0 Å². The van der Waals surface area contributed by atoms with E-state index < -0.39 is 9.84 Å². The fourth-order valence-electron chi connectivity index (χ4n) is 2.70. The van der Waals surface area contributed by atoms with Crippen molar-refractivity contribution in [2.75, 3.05) is 24.6 Å². The zero-order valence-electron chi connectivity index (χ0n) is 12.8. The quantitative estimate of drug-likeness (QED) is 0.734. The molecule has 0 aromatic heterocycles. The van der Waals surface area contributed by atoms with E-state index in [9.17, 15) is 13.2 Å². The number of nitrogens with one attached hydrogen (secondary N) is 2. The lowest BCUT2D eigenvalue weighted by Gasteiger charge is -2.28. The molecule has 1 aliphatic rings. The number of amides is 1. The summed E-state index contributed by atoms with van der Waals surface area (Å²) in [7, 11) is -3.04. The van der Waals surface area contributed by atoms with Crippen LogP contribution in [0.4, 0.5) is 0 Å². The highest BCUT2D eigenvalue weighted by atomic mass is 32.2. The van der Waals surface area contributed by atoms with Crippen molar-refractivity contribution in [3.8, 4) is 0 Å². The molecular weight excluding hydrogens is 276 g/mol. The minimum absolute atomic E-state index is 0.0224. The molecule has 20 heavy (non-hydrogen) atoms. The Morgan fingerprint density at radius 3 is 2.65 bits per heavy atom. The van der Waals surface area contributed by atoms with Crippen molar-refractivity contribution in [1.29, 1.82) is 0 Å². The standard InChI is InChI=1S/C14H28N2O3S/c1-4-20(18,19)10-12(3)16-14(17)8-11(2)13-6-5-7-15-9-13/h11-13,15H,4-10H2,1-3H3,(H,16,17). The Bertz CT molecular complexity index is 403. The van der Waals surface area contributed by atoms with Crippen LogP contribution in [0.1, 0.15) is 40.0 Å². The van der Waals surface area contributed by atoms with Crippen LogP contribution in [0.5, 0.6) is 0 Å². The molecule has 0 aliphatic carbocycles. The molecule has 0 saturated carbocycles. The number of piperidine rings is 1. The third-order valence-corrected chi connectivity index (χ3v) is 5.89. The van der Waals surface area contributed by atoms with E-state index >= 15 is 0 Å². The van der Waals surface area contributed by atoms with Crippen molar-refractivity contribution in [3.05, 3.63) is 0 Å². The van der Waals surface area contributed by atoms with Gasteiger partial charge in [-0.25, -0.2) is 8.42 Å². The lowest BCUT2D eigenvalue weighted by atomic mass is 9.85. The van der Waals surface area contributed by atoms with Gasteiger partial charge >= 0.3 is 0 Å². The van der Waals surface area contributed by atoms with Crippen LogP contribution in [0, 0.1) is 11.8 Å². The smallest absolute Gasteiger partial charge is 0.220 e. The summed E-state index contributed by atoms with van der Waals surface area (Å²) >= 11 is 0. The summed E-state index contributed by atoms with van der Waals surface area (Å²) < 4.78 is 23.0. The number of carbonyl (C=O) groups excluding carboxylic acids is 1. The number of hydrogen-bond donors (Lipinski definition) is 2. The van der Waals surface area contributed by atoms with E-state index in [4.69, 9.17) is 0 Å². The Morgan fingerprint density at radius 2 is 2.10 bits per heavy atom. The molecule has 1 aliphatic heterocycles. The first-order valence-electron chi connectivity index (χ1n) is 7.54. The fourth-order valence-corrected chi connectivity index (χ4v) is 3.78. The first-order chi connectivity index (χ1) is 9.34. The van der Waals surface area contributed by atoms with Crippen molar-refractivity contribution >= 4 is 15.7 Å². The van der Waals surface area contributed by atoms with E-state index in [0.29, 0.717) is 18.3 Å². The zero-order valence-corrected chi connectivity index (χ0v) is 13.6. The number of rotatable bonds is 7. The van der Waals surface area contributed by atoms with Gasteiger partial charge in [-0.3, -0.25) is 4.79 Å². The summed E-state index contributed by atoms with van der Waals surface area (Å²) in [5.41, 5.74) is 0. The third-order valence-electron chi connectivity index (χ3n) is 4.00. The van der Waals surface area contributed by atoms with E-state index in [0.717, 1.165) is 13.1 Å². The zero-order chi connectivity index (χ0) is 15.2. The van der Waals surface area contributed by atoms with Crippen LogP contribution in [0.25, 0.3) is 0 Å². The van der Waals surface area contributed by atoms with Crippen molar-refractivity contribution in [2.45, 2.75) is 46.1 Å². The molecule has 0 radical (unpaired) electrons. The average Bonchev–Trinajstić information content (AvgIpc) is 2.38. The molecule has 118 valence electrons. The molecule has 0 aromatic carbocycles. The minimum Gasteiger partial charge on any atom is -0.353 e. The van der Waals surface area contributed by atoms with Gasteiger partial charge in [-0.15, -0.1) is 0 Å². The second kappa shape index (κ2) is 7.98. The highest BCUT2D eigenvalue weighted by molar-refractivity contribution is 7.91. The lowest BCUT2D eigenvalue weighted by Crippen LogP contribution is -2.40. The summed E-state index contributed by atoms with van der Waals surface area (Å²) in [6, 6.07) is -0.316. The van der Waals surface area contributed by atoms with Gasteiger partial charge in [0.2, 0.25) is 5.91 Å². The van der Waals surface area contributed by atoms with Gasteiger partial charge in [0.1, 0.15) is 0 Å². The summed E-state index contributed by atoms with van der Waals surface area (Å²) in [5.74, 6) is 0.982.